The van der Waals surface area contributed by atoms with Gasteiger partial charge in [-0.25, -0.2) is 0 Å². The van der Waals surface area contributed by atoms with Crippen LogP contribution in [-0.2, 0) is 0 Å². The summed E-state index contributed by atoms with van der Waals surface area (Å²) in [7, 11) is 0. The van der Waals surface area contributed by atoms with Crippen molar-refractivity contribution in [2.45, 2.75) is 83.1 Å². The Labute approximate surface area is 244 Å². The molecule has 0 nitrogen and oxygen atoms in total. The summed E-state index contributed by atoms with van der Waals surface area (Å²) in [6.07, 6.45) is 9.03. The Hall–Kier alpha value is -3.64. The zero-order valence-electron chi connectivity index (χ0n) is 26.9. The first-order valence-corrected chi connectivity index (χ1v) is 14.4. The fourth-order valence-electron chi connectivity index (χ4n) is 6.15. The van der Waals surface area contributed by atoms with Gasteiger partial charge in [-0.1, -0.05) is 95.1 Å². The molecule has 4 aromatic carbocycles. The lowest BCUT2D eigenvalue weighted by Gasteiger charge is -2.09. The molecule has 0 radical (unpaired) electrons. The summed E-state index contributed by atoms with van der Waals surface area (Å²) in [5.74, 6) is 0. The van der Waals surface area contributed by atoms with Crippen molar-refractivity contribution in [1.82, 2.24) is 0 Å². The highest BCUT2D eigenvalue weighted by atomic mass is 14.1. The molecule has 0 saturated heterocycles. The standard InChI is InChI=1S/2C20H24/c2*1-13-9-15(3)19(16(4)10-13)7-8-20-17(5)11-14(2)12-18(20)6/h2*7-12H,1-6H3. The average Bonchev–Trinajstić information content (AvgIpc) is 2.80. The van der Waals surface area contributed by atoms with Crippen molar-refractivity contribution in [3.63, 3.8) is 0 Å². The second-order valence-electron chi connectivity index (χ2n) is 11.9. The van der Waals surface area contributed by atoms with Gasteiger partial charge in [0.2, 0.25) is 0 Å². The minimum atomic E-state index is 1.33. The van der Waals surface area contributed by atoms with E-state index in [1.165, 1.54) is 89.0 Å². The van der Waals surface area contributed by atoms with Crippen molar-refractivity contribution < 1.29 is 0 Å². The van der Waals surface area contributed by atoms with Gasteiger partial charge in [-0.15, -0.1) is 0 Å². The van der Waals surface area contributed by atoms with Crippen LogP contribution in [0.1, 0.15) is 89.0 Å². The highest BCUT2D eigenvalue weighted by molar-refractivity contribution is 5.76. The van der Waals surface area contributed by atoms with Gasteiger partial charge in [-0.05, 0) is 150 Å². The molecule has 0 aliphatic carbocycles. The molecule has 0 amide bonds. The van der Waals surface area contributed by atoms with Crippen LogP contribution in [0.2, 0.25) is 0 Å². The SMILES string of the molecule is Cc1cc(C)c(C=Cc2c(C)cc(C)cc2C)c(C)c1.Cc1cc(C)c(C=Cc2c(C)cc(C)cc2C)c(C)c1. The van der Waals surface area contributed by atoms with Crippen LogP contribution in [0.25, 0.3) is 24.3 Å². The monoisotopic (exact) mass is 528 g/mol. The van der Waals surface area contributed by atoms with Gasteiger partial charge in [0.25, 0.3) is 0 Å². The smallest absolute Gasteiger partial charge is 0.0198 e. The molecule has 0 aromatic heterocycles. The molecular formula is C40H48. The normalized spacial score (nSPS) is 11.3. The minimum Gasteiger partial charge on any atom is -0.0558 e. The summed E-state index contributed by atoms with van der Waals surface area (Å²) < 4.78 is 0. The van der Waals surface area contributed by atoms with Gasteiger partial charge >= 0.3 is 0 Å². The van der Waals surface area contributed by atoms with Gasteiger partial charge in [0.05, 0.1) is 0 Å². The summed E-state index contributed by atoms with van der Waals surface area (Å²) in [5, 5.41) is 0. The average molecular weight is 529 g/mol. The Morgan fingerprint density at radius 1 is 0.250 bits per heavy atom. The highest BCUT2D eigenvalue weighted by Crippen LogP contribution is 2.24. The van der Waals surface area contributed by atoms with E-state index in [-0.39, 0.29) is 0 Å². The summed E-state index contributed by atoms with van der Waals surface area (Å²) in [6, 6.07) is 18.0. The number of hydrogen-bond acceptors (Lipinski definition) is 0. The lowest BCUT2D eigenvalue weighted by molar-refractivity contribution is 1.29. The van der Waals surface area contributed by atoms with E-state index < -0.39 is 0 Å². The van der Waals surface area contributed by atoms with Crippen LogP contribution in [0, 0.1) is 83.1 Å². The Bertz CT molecular complexity index is 1250. The van der Waals surface area contributed by atoms with Crippen LogP contribution in [0.5, 0.6) is 0 Å². The van der Waals surface area contributed by atoms with Crippen molar-refractivity contribution >= 4 is 24.3 Å². The maximum atomic E-state index is 2.26. The minimum absolute atomic E-state index is 1.33. The Balaban J connectivity index is 0.000000220. The van der Waals surface area contributed by atoms with Crippen molar-refractivity contribution in [3.8, 4) is 0 Å². The number of aryl methyl sites for hydroxylation is 12. The highest BCUT2D eigenvalue weighted by Gasteiger charge is 2.05. The maximum absolute atomic E-state index is 2.26. The van der Waals surface area contributed by atoms with Crippen LogP contribution >= 0.6 is 0 Å². The second kappa shape index (κ2) is 13.1. The molecule has 0 unspecified atom stereocenters. The molecule has 0 spiro atoms. The predicted molar refractivity (Wildman–Crippen MR) is 180 cm³/mol. The van der Waals surface area contributed by atoms with Crippen molar-refractivity contribution in [1.29, 1.82) is 0 Å². The lowest BCUT2D eigenvalue weighted by atomic mass is 9.96. The van der Waals surface area contributed by atoms with E-state index in [9.17, 15) is 0 Å². The van der Waals surface area contributed by atoms with E-state index >= 15 is 0 Å². The van der Waals surface area contributed by atoms with E-state index in [0.29, 0.717) is 0 Å². The Morgan fingerprint density at radius 3 is 0.500 bits per heavy atom. The van der Waals surface area contributed by atoms with Crippen molar-refractivity contribution in [2.75, 3.05) is 0 Å². The van der Waals surface area contributed by atoms with Gasteiger partial charge in [0, 0.05) is 0 Å². The van der Waals surface area contributed by atoms with E-state index in [0.717, 1.165) is 0 Å². The Morgan fingerprint density at radius 2 is 0.375 bits per heavy atom. The van der Waals surface area contributed by atoms with Crippen LogP contribution in [0.3, 0.4) is 0 Å². The number of rotatable bonds is 4. The van der Waals surface area contributed by atoms with Gasteiger partial charge < -0.3 is 0 Å². The van der Waals surface area contributed by atoms with E-state index in [2.05, 4.69) is 156 Å². The van der Waals surface area contributed by atoms with E-state index in [1.807, 2.05) is 0 Å². The predicted octanol–water partition coefficient (Wildman–Crippen LogP) is 11.4. The van der Waals surface area contributed by atoms with Crippen LogP contribution in [0.15, 0.2) is 48.5 Å². The van der Waals surface area contributed by atoms with Gasteiger partial charge in [0.15, 0.2) is 0 Å². The molecule has 0 N–H and O–H groups in total. The van der Waals surface area contributed by atoms with Crippen LogP contribution < -0.4 is 0 Å². The summed E-state index contributed by atoms with van der Waals surface area (Å²) >= 11 is 0. The molecule has 40 heavy (non-hydrogen) atoms. The third-order valence-electron chi connectivity index (χ3n) is 7.79. The zero-order chi connectivity index (χ0) is 29.7. The molecular weight excluding hydrogens is 480 g/mol. The lowest BCUT2D eigenvalue weighted by Crippen LogP contribution is -1.90. The molecule has 0 heterocycles. The molecule has 0 atom stereocenters. The van der Waals surface area contributed by atoms with Crippen molar-refractivity contribution in [2.24, 2.45) is 0 Å². The van der Waals surface area contributed by atoms with E-state index in [4.69, 9.17) is 0 Å². The molecule has 0 aliphatic rings. The molecule has 0 saturated carbocycles. The molecule has 0 aliphatic heterocycles. The van der Waals surface area contributed by atoms with E-state index in [1.54, 1.807) is 0 Å². The fourth-order valence-corrected chi connectivity index (χ4v) is 6.15. The first-order chi connectivity index (χ1) is 18.8. The van der Waals surface area contributed by atoms with Crippen LogP contribution in [-0.4, -0.2) is 0 Å². The fraction of sp³-hybridized carbons (Fsp3) is 0.300. The quantitative estimate of drug-likeness (QED) is 0.231. The topological polar surface area (TPSA) is 0 Å². The third kappa shape index (κ3) is 7.72. The van der Waals surface area contributed by atoms with Crippen LogP contribution in [0.4, 0.5) is 0 Å². The molecule has 0 fully saturated rings. The summed E-state index contributed by atoms with van der Waals surface area (Å²) in [6.45, 7) is 26.1. The molecule has 4 aromatic rings. The first-order valence-electron chi connectivity index (χ1n) is 14.4. The van der Waals surface area contributed by atoms with Gasteiger partial charge in [-0.3, -0.25) is 0 Å². The third-order valence-corrected chi connectivity index (χ3v) is 7.79. The van der Waals surface area contributed by atoms with Crippen molar-refractivity contribution in [3.05, 3.63) is 138 Å². The summed E-state index contributed by atoms with van der Waals surface area (Å²) in [5.41, 5.74) is 21.5. The summed E-state index contributed by atoms with van der Waals surface area (Å²) in [4.78, 5) is 0. The first kappa shape index (κ1) is 30.9. The molecule has 0 bridgehead atoms. The zero-order valence-corrected chi connectivity index (χ0v) is 26.9. The molecule has 0 heteroatoms. The second-order valence-corrected chi connectivity index (χ2v) is 11.9. The maximum Gasteiger partial charge on any atom is -0.0198 e. The molecule has 4 rings (SSSR count). The number of benzene rings is 4. The van der Waals surface area contributed by atoms with Gasteiger partial charge in [-0.2, -0.15) is 0 Å². The van der Waals surface area contributed by atoms with Gasteiger partial charge in [0.1, 0.15) is 0 Å². The Kier molecular flexibility index (Phi) is 10.2. The number of hydrogen-bond donors (Lipinski definition) is 0. The molecule has 208 valence electrons. The largest absolute Gasteiger partial charge is 0.0558 e.